The topological polar surface area (TPSA) is 66.3 Å². The summed E-state index contributed by atoms with van der Waals surface area (Å²) in [5.74, 6) is -2.31. The second kappa shape index (κ2) is 5.02. The molecule has 1 saturated heterocycles. The second-order valence-electron chi connectivity index (χ2n) is 4.39. The predicted octanol–water partition coefficient (Wildman–Crippen LogP) is 1.95. The summed E-state index contributed by atoms with van der Waals surface area (Å²) in [4.78, 5) is 19.6. The monoisotopic (exact) mass is 275 g/mol. The van der Waals surface area contributed by atoms with Gasteiger partial charge in [-0.1, -0.05) is 0 Å². The van der Waals surface area contributed by atoms with Crippen LogP contribution in [-0.2, 0) is 0 Å². The van der Waals surface area contributed by atoms with Crippen molar-refractivity contribution in [1.29, 1.82) is 0 Å². The molecule has 1 N–H and O–H groups in total. The van der Waals surface area contributed by atoms with Crippen LogP contribution < -0.4 is 4.90 Å². The van der Waals surface area contributed by atoms with Crippen LogP contribution in [0.5, 0.6) is 0 Å². The van der Waals surface area contributed by atoms with E-state index in [9.17, 15) is 18.0 Å². The molecular formula is C11H12F3N3O2. The van der Waals surface area contributed by atoms with E-state index in [1.165, 1.54) is 11.1 Å². The molecular weight excluding hydrogens is 263 g/mol. The molecule has 1 aromatic rings. The van der Waals surface area contributed by atoms with Crippen LogP contribution in [0.15, 0.2) is 12.4 Å². The molecule has 0 aromatic carbocycles. The average molecular weight is 275 g/mol. The van der Waals surface area contributed by atoms with E-state index in [0.29, 0.717) is 13.0 Å². The lowest BCUT2D eigenvalue weighted by Crippen LogP contribution is -2.42. The lowest BCUT2D eigenvalue weighted by atomic mass is 9.97. The SMILES string of the molecule is O=C(O)c1cnc(N2CCCC(C(F)(F)F)C2)cn1. The molecule has 2 heterocycles. The molecule has 0 saturated carbocycles. The van der Waals surface area contributed by atoms with Gasteiger partial charge in [0.2, 0.25) is 0 Å². The number of aromatic nitrogens is 2. The van der Waals surface area contributed by atoms with Crippen molar-refractivity contribution in [1.82, 2.24) is 9.97 Å². The molecule has 0 spiro atoms. The van der Waals surface area contributed by atoms with Crippen LogP contribution in [0, 0.1) is 5.92 Å². The molecule has 0 radical (unpaired) electrons. The van der Waals surface area contributed by atoms with Crippen molar-refractivity contribution in [2.75, 3.05) is 18.0 Å². The summed E-state index contributed by atoms with van der Waals surface area (Å²) in [6.45, 7) is 0.304. The van der Waals surface area contributed by atoms with Crippen LogP contribution in [0.1, 0.15) is 23.3 Å². The summed E-state index contributed by atoms with van der Waals surface area (Å²) < 4.78 is 38.0. The third-order valence-corrected chi connectivity index (χ3v) is 3.07. The van der Waals surface area contributed by atoms with E-state index in [2.05, 4.69) is 9.97 Å². The van der Waals surface area contributed by atoms with Crippen molar-refractivity contribution in [3.05, 3.63) is 18.1 Å². The van der Waals surface area contributed by atoms with Gasteiger partial charge in [-0.25, -0.2) is 14.8 Å². The van der Waals surface area contributed by atoms with Gasteiger partial charge in [-0.05, 0) is 12.8 Å². The van der Waals surface area contributed by atoms with Crippen molar-refractivity contribution in [2.45, 2.75) is 19.0 Å². The Morgan fingerprint density at radius 2 is 2.11 bits per heavy atom. The van der Waals surface area contributed by atoms with Crippen LogP contribution in [0.4, 0.5) is 19.0 Å². The van der Waals surface area contributed by atoms with Gasteiger partial charge in [-0.15, -0.1) is 0 Å². The summed E-state index contributed by atoms with van der Waals surface area (Å²) in [5.41, 5.74) is -0.229. The lowest BCUT2D eigenvalue weighted by molar-refractivity contribution is -0.176. The molecule has 8 heteroatoms. The molecule has 2 rings (SSSR count). The third kappa shape index (κ3) is 3.12. The van der Waals surface area contributed by atoms with Crippen LogP contribution in [0.3, 0.4) is 0 Å². The quantitative estimate of drug-likeness (QED) is 0.893. The number of piperidine rings is 1. The molecule has 0 aliphatic carbocycles. The summed E-state index contributed by atoms with van der Waals surface area (Å²) >= 11 is 0. The number of hydrogen-bond donors (Lipinski definition) is 1. The number of nitrogens with zero attached hydrogens (tertiary/aromatic N) is 3. The number of aromatic carboxylic acids is 1. The van der Waals surface area contributed by atoms with E-state index < -0.39 is 18.1 Å². The largest absolute Gasteiger partial charge is 0.476 e. The zero-order chi connectivity index (χ0) is 14.0. The van der Waals surface area contributed by atoms with Crippen LogP contribution in [-0.4, -0.2) is 40.3 Å². The van der Waals surface area contributed by atoms with E-state index in [4.69, 9.17) is 5.11 Å². The van der Waals surface area contributed by atoms with Crippen molar-refractivity contribution >= 4 is 11.8 Å². The highest BCUT2D eigenvalue weighted by Crippen LogP contribution is 2.34. The minimum absolute atomic E-state index is 0.112. The Morgan fingerprint density at radius 1 is 1.37 bits per heavy atom. The molecule has 1 aromatic heterocycles. The molecule has 104 valence electrons. The number of carboxylic acids is 1. The van der Waals surface area contributed by atoms with Crippen LogP contribution in [0.25, 0.3) is 0 Å². The van der Waals surface area contributed by atoms with Gasteiger partial charge < -0.3 is 10.0 Å². The van der Waals surface area contributed by atoms with E-state index in [1.54, 1.807) is 0 Å². The van der Waals surface area contributed by atoms with Gasteiger partial charge in [0, 0.05) is 13.1 Å². The fourth-order valence-corrected chi connectivity index (χ4v) is 2.05. The Morgan fingerprint density at radius 3 is 2.63 bits per heavy atom. The Hall–Kier alpha value is -1.86. The summed E-state index contributed by atoms with van der Waals surface area (Å²) in [6.07, 6.45) is -1.43. The minimum Gasteiger partial charge on any atom is -0.476 e. The molecule has 0 amide bonds. The molecule has 1 unspecified atom stereocenters. The third-order valence-electron chi connectivity index (χ3n) is 3.07. The molecule has 5 nitrogen and oxygen atoms in total. The molecule has 19 heavy (non-hydrogen) atoms. The molecule has 1 aliphatic heterocycles. The van der Waals surface area contributed by atoms with Gasteiger partial charge >= 0.3 is 12.1 Å². The van der Waals surface area contributed by atoms with Gasteiger partial charge in [-0.2, -0.15) is 13.2 Å². The first-order valence-electron chi connectivity index (χ1n) is 5.75. The van der Waals surface area contributed by atoms with Crippen molar-refractivity contribution in [3.8, 4) is 0 Å². The molecule has 1 fully saturated rings. The maximum absolute atomic E-state index is 12.7. The Kier molecular flexibility index (Phi) is 3.59. The standard InChI is InChI=1S/C11H12F3N3O2/c12-11(13,14)7-2-1-3-17(6-7)9-5-15-8(4-16-9)10(18)19/h4-5,7H,1-3,6H2,(H,18,19). The summed E-state index contributed by atoms with van der Waals surface area (Å²) in [6, 6.07) is 0. The van der Waals surface area contributed by atoms with E-state index in [-0.39, 0.29) is 24.5 Å². The van der Waals surface area contributed by atoms with Gasteiger partial charge in [0.15, 0.2) is 5.69 Å². The van der Waals surface area contributed by atoms with Gasteiger partial charge in [0.1, 0.15) is 5.82 Å². The smallest absolute Gasteiger partial charge is 0.393 e. The zero-order valence-electron chi connectivity index (χ0n) is 9.89. The Bertz CT molecular complexity index is 461. The van der Waals surface area contributed by atoms with E-state index >= 15 is 0 Å². The van der Waals surface area contributed by atoms with E-state index in [0.717, 1.165) is 6.20 Å². The summed E-state index contributed by atoms with van der Waals surface area (Å²) in [5, 5.41) is 8.67. The van der Waals surface area contributed by atoms with Crippen LogP contribution in [0.2, 0.25) is 0 Å². The maximum Gasteiger partial charge on any atom is 0.393 e. The number of halogens is 3. The minimum atomic E-state index is -4.22. The molecule has 1 aliphatic rings. The highest BCUT2D eigenvalue weighted by Gasteiger charge is 2.42. The predicted molar refractivity (Wildman–Crippen MR) is 60.0 cm³/mol. The number of rotatable bonds is 2. The van der Waals surface area contributed by atoms with Crippen molar-refractivity contribution in [2.24, 2.45) is 5.92 Å². The number of carboxylic acid groups (broad SMARTS) is 1. The maximum atomic E-state index is 12.7. The number of carbonyl (C=O) groups is 1. The normalized spacial score (nSPS) is 20.4. The average Bonchev–Trinajstić information content (AvgIpc) is 2.38. The lowest BCUT2D eigenvalue weighted by Gasteiger charge is -2.34. The first-order valence-corrected chi connectivity index (χ1v) is 5.75. The number of hydrogen-bond acceptors (Lipinski definition) is 4. The fourth-order valence-electron chi connectivity index (χ4n) is 2.05. The highest BCUT2D eigenvalue weighted by atomic mass is 19.4. The van der Waals surface area contributed by atoms with E-state index in [1.807, 2.05) is 0 Å². The van der Waals surface area contributed by atoms with Gasteiger partial charge in [0.05, 0.1) is 18.3 Å². The van der Waals surface area contributed by atoms with Gasteiger partial charge in [-0.3, -0.25) is 0 Å². The van der Waals surface area contributed by atoms with Crippen molar-refractivity contribution in [3.63, 3.8) is 0 Å². The highest BCUT2D eigenvalue weighted by molar-refractivity contribution is 5.84. The first-order chi connectivity index (χ1) is 8.88. The van der Waals surface area contributed by atoms with Crippen LogP contribution >= 0.6 is 0 Å². The number of anilines is 1. The molecule has 1 atom stereocenters. The second-order valence-corrected chi connectivity index (χ2v) is 4.39. The molecule has 0 bridgehead atoms. The zero-order valence-corrected chi connectivity index (χ0v) is 9.89. The Labute approximate surface area is 107 Å². The van der Waals surface area contributed by atoms with Crippen molar-refractivity contribution < 1.29 is 23.1 Å². The first kappa shape index (κ1) is 13.6. The Balaban J connectivity index is 2.11. The summed E-state index contributed by atoms with van der Waals surface area (Å²) in [7, 11) is 0. The number of alkyl halides is 3. The van der Waals surface area contributed by atoms with Gasteiger partial charge in [0.25, 0.3) is 0 Å². The fraction of sp³-hybridized carbons (Fsp3) is 0.545.